The average Bonchev–Trinajstić information content (AvgIpc) is 3.33. The molecule has 2 heterocycles. The van der Waals surface area contributed by atoms with Gasteiger partial charge in [-0.25, -0.2) is 4.98 Å². The summed E-state index contributed by atoms with van der Waals surface area (Å²) in [5.74, 6) is 0.0532. The number of nitrogens with one attached hydrogen (secondary N) is 2. The summed E-state index contributed by atoms with van der Waals surface area (Å²) in [6.07, 6.45) is 5.89. The summed E-state index contributed by atoms with van der Waals surface area (Å²) >= 11 is 7.70. The van der Waals surface area contributed by atoms with Crippen LogP contribution in [0.2, 0.25) is 5.02 Å². The van der Waals surface area contributed by atoms with E-state index >= 15 is 0 Å². The van der Waals surface area contributed by atoms with Gasteiger partial charge < -0.3 is 15.5 Å². The molecule has 1 atom stereocenters. The molecule has 2 aromatic rings. The fourth-order valence-electron chi connectivity index (χ4n) is 4.11. The summed E-state index contributed by atoms with van der Waals surface area (Å²) in [5, 5.41) is 17.7. The SMILES string of the molecule is Cl.Cl.N#C[C@@H]1CCCN1C(=O)CNC1CCC(Nc2nc3cc(Cl)ccc3s2)CC1. The lowest BCUT2D eigenvalue weighted by molar-refractivity contribution is -0.130. The van der Waals surface area contributed by atoms with E-state index in [9.17, 15) is 4.79 Å². The van der Waals surface area contributed by atoms with Crippen LogP contribution >= 0.6 is 47.8 Å². The van der Waals surface area contributed by atoms with E-state index in [0.717, 1.165) is 53.9 Å². The Kier molecular flexibility index (Phi) is 9.45. The Morgan fingerprint density at radius 2 is 1.97 bits per heavy atom. The Morgan fingerprint density at radius 1 is 1.23 bits per heavy atom. The topological polar surface area (TPSA) is 81.0 Å². The van der Waals surface area contributed by atoms with Crippen molar-refractivity contribution in [1.29, 1.82) is 5.26 Å². The van der Waals surface area contributed by atoms with Crippen molar-refractivity contribution in [2.24, 2.45) is 0 Å². The normalized spacial score (nSPS) is 23.3. The first-order chi connectivity index (χ1) is 13.6. The number of hydrogen-bond acceptors (Lipinski definition) is 6. The fraction of sp³-hybridized carbons (Fsp3) is 0.550. The van der Waals surface area contributed by atoms with Gasteiger partial charge in [0.15, 0.2) is 5.13 Å². The summed E-state index contributed by atoms with van der Waals surface area (Å²) in [6, 6.07) is 8.56. The van der Waals surface area contributed by atoms with Crippen LogP contribution in [0.5, 0.6) is 0 Å². The molecule has 1 amide bonds. The minimum absolute atomic E-state index is 0. The first kappa shape index (κ1) is 25.0. The summed E-state index contributed by atoms with van der Waals surface area (Å²) < 4.78 is 1.14. The van der Waals surface area contributed by atoms with Gasteiger partial charge >= 0.3 is 0 Å². The number of hydrogen-bond donors (Lipinski definition) is 2. The van der Waals surface area contributed by atoms with Crippen LogP contribution < -0.4 is 10.6 Å². The van der Waals surface area contributed by atoms with Gasteiger partial charge in [0, 0.05) is 23.7 Å². The van der Waals surface area contributed by atoms with Gasteiger partial charge in [0.2, 0.25) is 5.91 Å². The minimum Gasteiger partial charge on any atom is -0.359 e. The first-order valence-electron chi connectivity index (χ1n) is 9.87. The molecule has 2 N–H and O–H groups in total. The number of nitrogens with zero attached hydrogens (tertiary/aromatic N) is 3. The zero-order valence-electron chi connectivity index (χ0n) is 16.5. The summed E-state index contributed by atoms with van der Waals surface area (Å²) in [6.45, 7) is 1.04. The summed E-state index contributed by atoms with van der Waals surface area (Å²) in [4.78, 5) is 18.7. The number of rotatable bonds is 5. The molecule has 1 aliphatic heterocycles. The number of halogens is 3. The maximum atomic E-state index is 12.4. The maximum absolute atomic E-state index is 12.4. The predicted octanol–water partition coefficient (Wildman–Crippen LogP) is 4.62. The van der Waals surface area contributed by atoms with Crippen LogP contribution in [-0.4, -0.2) is 47.0 Å². The highest BCUT2D eigenvalue weighted by molar-refractivity contribution is 7.22. The van der Waals surface area contributed by atoms with Crippen molar-refractivity contribution in [3.05, 3.63) is 23.2 Å². The second-order valence-electron chi connectivity index (χ2n) is 7.58. The molecule has 164 valence electrons. The second-order valence-corrected chi connectivity index (χ2v) is 9.05. The molecule has 4 rings (SSSR count). The Balaban J connectivity index is 0.00000160. The van der Waals surface area contributed by atoms with E-state index in [1.807, 2.05) is 18.2 Å². The summed E-state index contributed by atoms with van der Waals surface area (Å²) in [7, 11) is 0. The number of benzene rings is 1. The third kappa shape index (κ3) is 5.89. The van der Waals surface area contributed by atoms with Gasteiger partial charge in [-0.3, -0.25) is 4.79 Å². The molecule has 0 spiro atoms. The van der Waals surface area contributed by atoms with Gasteiger partial charge in [-0.15, -0.1) is 24.8 Å². The van der Waals surface area contributed by atoms with Crippen molar-refractivity contribution in [2.45, 2.75) is 56.7 Å². The number of amides is 1. The Morgan fingerprint density at radius 3 is 2.70 bits per heavy atom. The number of anilines is 1. The number of likely N-dealkylation sites (tertiary alicyclic amines) is 1. The highest BCUT2D eigenvalue weighted by atomic mass is 35.5. The summed E-state index contributed by atoms with van der Waals surface area (Å²) in [5.41, 5.74) is 0.937. The molecule has 1 aromatic carbocycles. The third-order valence-corrected chi connectivity index (χ3v) is 6.87. The molecule has 1 aromatic heterocycles. The van der Waals surface area contributed by atoms with Gasteiger partial charge in [-0.05, 0) is 56.7 Å². The van der Waals surface area contributed by atoms with E-state index in [1.54, 1.807) is 16.2 Å². The predicted molar refractivity (Wildman–Crippen MR) is 127 cm³/mol. The Bertz CT molecular complexity index is 894. The Hall–Kier alpha value is -1.30. The number of fused-ring (bicyclic) bond motifs is 1. The van der Waals surface area contributed by atoms with E-state index in [-0.39, 0.29) is 36.8 Å². The van der Waals surface area contributed by atoms with Gasteiger partial charge in [-0.2, -0.15) is 5.26 Å². The van der Waals surface area contributed by atoms with E-state index in [2.05, 4.69) is 21.7 Å². The second kappa shape index (κ2) is 11.4. The van der Waals surface area contributed by atoms with Gasteiger partial charge in [0.05, 0.1) is 22.8 Å². The molecular formula is C20H26Cl3N5OS. The lowest BCUT2D eigenvalue weighted by Gasteiger charge is -2.30. The van der Waals surface area contributed by atoms with Crippen molar-refractivity contribution >= 4 is 69.0 Å². The van der Waals surface area contributed by atoms with Crippen molar-refractivity contribution in [3.8, 4) is 6.07 Å². The maximum Gasteiger partial charge on any atom is 0.237 e. The number of aromatic nitrogens is 1. The van der Waals surface area contributed by atoms with Crippen LogP contribution in [0, 0.1) is 11.3 Å². The first-order valence-corrected chi connectivity index (χ1v) is 11.1. The van der Waals surface area contributed by atoms with Crippen molar-refractivity contribution in [2.75, 3.05) is 18.4 Å². The number of thiazole rings is 1. The molecule has 1 aliphatic carbocycles. The van der Waals surface area contributed by atoms with Crippen LogP contribution in [0.15, 0.2) is 18.2 Å². The molecule has 2 fully saturated rings. The molecule has 0 radical (unpaired) electrons. The van der Waals surface area contributed by atoms with Crippen LogP contribution in [0.4, 0.5) is 5.13 Å². The highest BCUT2D eigenvalue weighted by Crippen LogP contribution is 2.30. The van der Waals surface area contributed by atoms with Gasteiger partial charge in [-0.1, -0.05) is 22.9 Å². The van der Waals surface area contributed by atoms with Gasteiger partial charge in [0.25, 0.3) is 0 Å². The smallest absolute Gasteiger partial charge is 0.237 e. The number of carbonyl (C=O) groups excluding carboxylic acids is 1. The largest absolute Gasteiger partial charge is 0.359 e. The molecule has 1 saturated carbocycles. The average molecular weight is 491 g/mol. The molecule has 30 heavy (non-hydrogen) atoms. The quantitative estimate of drug-likeness (QED) is 0.639. The zero-order chi connectivity index (χ0) is 19.5. The fourth-order valence-corrected chi connectivity index (χ4v) is 5.20. The van der Waals surface area contributed by atoms with E-state index < -0.39 is 0 Å². The standard InChI is InChI=1S/C20H24ClN5OS.2ClH/c21-13-3-8-18-17(10-13)25-20(28-18)24-15-6-4-14(5-7-15)23-12-19(27)26-9-1-2-16(26)11-22;;/h3,8,10,14-16,23H,1-2,4-7,9,12H2,(H,24,25);2*1H/t14?,15?,16-;;/m0../s1. The van der Waals surface area contributed by atoms with Crippen LogP contribution in [0.3, 0.4) is 0 Å². The Labute approximate surface area is 198 Å². The lowest BCUT2D eigenvalue weighted by Crippen LogP contribution is -2.45. The van der Waals surface area contributed by atoms with Crippen LogP contribution in [-0.2, 0) is 4.79 Å². The van der Waals surface area contributed by atoms with E-state index in [4.69, 9.17) is 16.9 Å². The van der Waals surface area contributed by atoms with Crippen molar-refractivity contribution < 1.29 is 4.79 Å². The monoisotopic (exact) mass is 489 g/mol. The van der Waals surface area contributed by atoms with E-state index in [0.29, 0.717) is 30.2 Å². The molecule has 0 bridgehead atoms. The van der Waals surface area contributed by atoms with Crippen molar-refractivity contribution in [1.82, 2.24) is 15.2 Å². The minimum atomic E-state index is -0.238. The molecular weight excluding hydrogens is 465 g/mol. The lowest BCUT2D eigenvalue weighted by atomic mass is 9.91. The molecule has 2 aliphatic rings. The van der Waals surface area contributed by atoms with E-state index in [1.165, 1.54) is 0 Å². The highest BCUT2D eigenvalue weighted by Gasteiger charge is 2.29. The van der Waals surface area contributed by atoms with Gasteiger partial charge in [0.1, 0.15) is 6.04 Å². The zero-order valence-corrected chi connectivity index (χ0v) is 19.7. The number of nitriles is 1. The molecule has 1 saturated heterocycles. The molecule has 0 unspecified atom stereocenters. The molecule has 6 nitrogen and oxygen atoms in total. The van der Waals surface area contributed by atoms with Crippen molar-refractivity contribution in [3.63, 3.8) is 0 Å². The third-order valence-electron chi connectivity index (χ3n) is 5.67. The molecule has 10 heteroatoms. The van der Waals surface area contributed by atoms with Crippen LogP contribution in [0.25, 0.3) is 10.2 Å². The number of carbonyl (C=O) groups is 1. The van der Waals surface area contributed by atoms with Crippen LogP contribution in [0.1, 0.15) is 38.5 Å².